The second-order valence-electron chi connectivity index (χ2n) is 28.5. The molecule has 4 rings (SSSR count). The van der Waals surface area contributed by atoms with Crippen molar-refractivity contribution in [2.45, 2.75) is 248 Å². The summed E-state index contributed by atoms with van der Waals surface area (Å²) in [4.78, 5) is 0. The van der Waals surface area contributed by atoms with E-state index >= 15 is 0 Å². The minimum absolute atomic E-state index is 0.182. The molecule has 0 nitrogen and oxygen atoms in total. The molecule has 0 aliphatic carbocycles. The Labute approximate surface area is 331 Å². The van der Waals surface area contributed by atoms with Crippen LogP contribution in [0.15, 0.2) is 41.6 Å². The van der Waals surface area contributed by atoms with Gasteiger partial charge in [0.05, 0.1) is 0 Å². The molecule has 0 fully saturated rings. The zero-order valence-electron chi connectivity index (χ0n) is 41.0. The summed E-state index contributed by atoms with van der Waals surface area (Å²) in [6.45, 7) is 79.1. The predicted octanol–water partition coefficient (Wildman–Crippen LogP) is 16.8. The molecular formula is C48H90Si4. The first kappa shape index (κ1) is 44.5. The van der Waals surface area contributed by atoms with Crippen LogP contribution < -0.4 is 0 Å². The first-order valence-corrected chi connectivity index (χ1v) is 29.2. The Bertz CT molecular complexity index is 1490. The van der Waals surface area contributed by atoms with Crippen molar-refractivity contribution in [1.29, 1.82) is 0 Å². The average molecular weight is 780 g/mol. The second-order valence-corrected chi connectivity index (χ2v) is 50.5. The molecular weight excluding hydrogens is 689 g/mol. The van der Waals surface area contributed by atoms with E-state index in [1.54, 1.807) is 0 Å². The van der Waals surface area contributed by atoms with Crippen molar-refractivity contribution in [1.82, 2.24) is 0 Å². The fourth-order valence-electron chi connectivity index (χ4n) is 15.4. The molecule has 0 atom stereocenters. The van der Waals surface area contributed by atoms with E-state index in [2.05, 4.69) is 208 Å². The van der Waals surface area contributed by atoms with Crippen molar-refractivity contribution < 1.29 is 0 Å². The number of hydrogen-bond donors (Lipinski definition) is 0. The molecule has 0 radical (unpaired) electrons. The smallest absolute Gasteiger partial charge is 0.0697 e. The molecule has 298 valence electrons. The van der Waals surface area contributed by atoms with E-state index in [4.69, 9.17) is 0 Å². The quantitative estimate of drug-likeness (QED) is 0.250. The van der Waals surface area contributed by atoms with Gasteiger partial charge in [-0.05, 0) is 51.1 Å². The normalized spacial score (nSPS) is 23.9. The average Bonchev–Trinajstić information content (AvgIpc) is 3.64. The molecule has 0 saturated carbocycles. The molecule has 0 unspecified atom stereocenters. The van der Waals surface area contributed by atoms with E-state index < -0.39 is 32.3 Å². The standard InChI is InChI=1S/C48H90Si4/c1-39(2,3)37-35(51(37,45(19,20)21)46(22,23)24)33-31(49(33,41(7,8)9)42(10,11)12)32-34(50(32,43(13,14)15)44(16,17)18)36-38(40(4,5)6)52(36,47(25,26)27)48(28,29)30/h1-30H3. The molecule has 0 aromatic carbocycles. The summed E-state index contributed by atoms with van der Waals surface area (Å²) in [5, 5.41) is 17.7. The topological polar surface area (TPSA) is 0 Å². The molecule has 4 aliphatic heterocycles. The predicted molar refractivity (Wildman–Crippen MR) is 248 cm³/mol. The first-order chi connectivity index (χ1) is 22.2. The number of hydrogen-bond acceptors (Lipinski definition) is 0. The van der Waals surface area contributed by atoms with Crippen molar-refractivity contribution >= 4 is 32.3 Å². The van der Waals surface area contributed by atoms with Gasteiger partial charge in [0.25, 0.3) is 0 Å². The van der Waals surface area contributed by atoms with Crippen LogP contribution in [-0.2, 0) is 0 Å². The van der Waals surface area contributed by atoms with Crippen molar-refractivity contribution in [3.63, 3.8) is 0 Å². The number of rotatable bonds is 3. The fourth-order valence-corrected chi connectivity index (χ4v) is 51.0. The highest BCUT2D eigenvalue weighted by molar-refractivity contribution is 7.23. The van der Waals surface area contributed by atoms with Crippen LogP contribution in [-0.4, -0.2) is 32.3 Å². The monoisotopic (exact) mass is 779 g/mol. The molecule has 52 heavy (non-hydrogen) atoms. The largest absolute Gasteiger partial charge is 0.127 e. The highest BCUT2D eigenvalue weighted by Crippen LogP contribution is 2.87. The van der Waals surface area contributed by atoms with E-state index in [1.165, 1.54) is 0 Å². The lowest BCUT2D eigenvalue weighted by atomic mass is 9.96. The van der Waals surface area contributed by atoms with Gasteiger partial charge in [-0.1, -0.05) is 249 Å². The van der Waals surface area contributed by atoms with Crippen LogP contribution >= 0.6 is 0 Å². The van der Waals surface area contributed by atoms with Crippen LogP contribution in [0.5, 0.6) is 0 Å². The van der Waals surface area contributed by atoms with Gasteiger partial charge >= 0.3 is 0 Å². The lowest BCUT2D eigenvalue weighted by molar-refractivity contribution is 0.522. The lowest BCUT2D eigenvalue weighted by Gasteiger charge is -2.47. The van der Waals surface area contributed by atoms with E-state index in [-0.39, 0.29) is 51.1 Å². The Morgan fingerprint density at radius 2 is 0.327 bits per heavy atom. The number of allylic oxidation sites excluding steroid dienone is 8. The third-order valence-corrected chi connectivity index (χ3v) is 43.8. The molecule has 0 aromatic heterocycles. The van der Waals surface area contributed by atoms with E-state index in [1.807, 2.05) is 41.6 Å². The van der Waals surface area contributed by atoms with Crippen LogP contribution in [0.4, 0.5) is 0 Å². The second kappa shape index (κ2) is 10.9. The van der Waals surface area contributed by atoms with Gasteiger partial charge in [0.15, 0.2) is 0 Å². The lowest BCUT2D eigenvalue weighted by Crippen LogP contribution is -2.49. The molecule has 0 bridgehead atoms. The first-order valence-electron chi connectivity index (χ1n) is 21.2. The Hall–Kier alpha value is -0.172. The SMILES string of the molecule is CC(C)(C)C1=C(C2=C(C3=C(C4=C(C(C)(C)C)[Si]4(C(C)(C)C)C(C)(C)C)[Si]3(C(C)(C)C)C(C)(C)C)[Si]2(C(C)(C)C)C(C)(C)C)[Si]1(C(C)(C)C)C(C)(C)C. The summed E-state index contributed by atoms with van der Waals surface area (Å²) in [6, 6.07) is 0. The maximum Gasteiger partial charge on any atom is 0.127 e. The van der Waals surface area contributed by atoms with Gasteiger partial charge in [-0.15, -0.1) is 0 Å². The molecule has 0 saturated heterocycles. The molecule has 4 heteroatoms. The Morgan fingerprint density at radius 1 is 0.192 bits per heavy atom. The van der Waals surface area contributed by atoms with Gasteiger partial charge in [0.2, 0.25) is 0 Å². The van der Waals surface area contributed by atoms with Gasteiger partial charge in [-0.3, -0.25) is 0 Å². The molecule has 0 aromatic rings. The summed E-state index contributed by atoms with van der Waals surface area (Å²) in [7, 11) is -8.55. The van der Waals surface area contributed by atoms with E-state index in [9.17, 15) is 0 Å². The Morgan fingerprint density at radius 3 is 0.423 bits per heavy atom. The van der Waals surface area contributed by atoms with Gasteiger partial charge < -0.3 is 0 Å². The van der Waals surface area contributed by atoms with Gasteiger partial charge in [-0.2, -0.15) is 0 Å². The van der Waals surface area contributed by atoms with Gasteiger partial charge in [0.1, 0.15) is 32.3 Å². The van der Waals surface area contributed by atoms with Crippen LogP contribution in [0.1, 0.15) is 208 Å². The Balaban J connectivity index is 2.38. The third kappa shape index (κ3) is 5.15. The van der Waals surface area contributed by atoms with Crippen molar-refractivity contribution in [2.75, 3.05) is 0 Å². The van der Waals surface area contributed by atoms with Gasteiger partial charge in [0, 0.05) is 0 Å². The van der Waals surface area contributed by atoms with Crippen LogP contribution in [0.25, 0.3) is 0 Å². The summed E-state index contributed by atoms with van der Waals surface area (Å²) in [6.07, 6.45) is 0. The van der Waals surface area contributed by atoms with Crippen molar-refractivity contribution in [3.8, 4) is 0 Å². The maximum absolute atomic E-state index is 2.68. The third-order valence-electron chi connectivity index (χ3n) is 15.0. The maximum atomic E-state index is 2.68. The highest BCUT2D eigenvalue weighted by atomic mass is 28.3. The molecule has 0 amide bonds. The summed E-state index contributed by atoms with van der Waals surface area (Å²) in [5.74, 6) is 0. The van der Waals surface area contributed by atoms with E-state index in [0.717, 1.165) is 0 Å². The van der Waals surface area contributed by atoms with Crippen molar-refractivity contribution in [2.24, 2.45) is 10.8 Å². The van der Waals surface area contributed by atoms with Crippen LogP contribution in [0.3, 0.4) is 0 Å². The van der Waals surface area contributed by atoms with E-state index in [0.29, 0.717) is 0 Å². The van der Waals surface area contributed by atoms with Crippen LogP contribution in [0.2, 0.25) is 40.3 Å². The van der Waals surface area contributed by atoms with Crippen LogP contribution in [0, 0.1) is 10.8 Å². The highest BCUT2D eigenvalue weighted by Gasteiger charge is 2.85. The minimum Gasteiger partial charge on any atom is -0.0697 e. The summed E-state index contributed by atoms with van der Waals surface area (Å²) >= 11 is 0. The molecule has 0 N–H and O–H groups in total. The fraction of sp³-hybridized carbons (Fsp3) is 0.833. The zero-order chi connectivity index (χ0) is 41.6. The zero-order valence-corrected chi connectivity index (χ0v) is 45.0. The van der Waals surface area contributed by atoms with Gasteiger partial charge in [-0.25, -0.2) is 0 Å². The minimum atomic E-state index is -2.22. The summed E-state index contributed by atoms with van der Waals surface area (Å²) < 4.78 is 0. The molecule has 4 heterocycles. The molecule has 4 aliphatic rings. The Kier molecular flexibility index (Phi) is 9.30. The van der Waals surface area contributed by atoms with Crippen molar-refractivity contribution in [3.05, 3.63) is 41.6 Å². The summed E-state index contributed by atoms with van der Waals surface area (Å²) in [5.41, 5.74) is 0.363. The molecule has 0 spiro atoms.